The molecule has 0 spiro atoms. The van der Waals surface area contributed by atoms with Gasteiger partial charge in [-0.2, -0.15) is 0 Å². The molecule has 2 rings (SSSR count). The van der Waals surface area contributed by atoms with Crippen LogP contribution in [0.1, 0.15) is 16.8 Å². The number of phenolic OH excluding ortho intramolecular Hbond substituents is 1. The molecule has 0 aliphatic heterocycles. The fourth-order valence-electron chi connectivity index (χ4n) is 1.29. The van der Waals surface area contributed by atoms with Crippen LogP contribution in [-0.2, 0) is 0 Å². The Kier molecular flexibility index (Phi) is 2.13. The number of phenols is 1. The molecule has 1 amide bonds. The summed E-state index contributed by atoms with van der Waals surface area (Å²) in [5.41, 5.74) is 5.85. The van der Waals surface area contributed by atoms with Crippen molar-refractivity contribution in [2.24, 2.45) is 5.73 Å². The molecule has 0 radical (unpaired) electrons. The summed E-state index contributed by atoms with van der Waals surface area (Å²) in [6.07, 6.45) is 0.819. The van der Waals surface area contributed by atoms with Crippen molar-refractivity contribution >= 4 is 5.91 Å². The number of nitrogens with one attached hydrogen (secondary N) is 1. The third kappa shape index (κ3) is 1.70. The van der Waals surface area contributed by atoms with Crippen molar-refractivity contribution in [3.63, 3.8) is 0 Å². The second kappa shape index (κ2) is 3.31. The van der Waals surface area contributed by atoms with Gasteiger partial charge in [0.2, 0.25) is 0 Å². The van der Waals surface area contributed by atoms with E-state index in [9.17, 15) is 9.90 Å². The number of benzene rings is 1. The molecule has 2 unspecified atom stereocenters. The lowest BCUT2D eigenvalue weighted by Crippen LogP contribution is -2.29. The first-order valence-electron chi connectivity index (χ1n) is 4.53. The highest BCUT2D eigenvalue weighted by Crippen LogP contribution is 2.20. The number of rotatable bonds is 2. The average molecular weight is 192 g/mol. The van der Waals surface area contributed by atoms with Gasteiger partial charge in [-0.1, -0.05) is 12.1 Å². The van der Waals surface area contributed by atoms with Crippen molar-refractivity contribution in [3.05, 3.63) is 29.8 Å². The largest absolute Gasteiger partial charge is 0.507 e. The molecule has 0 saturated heterocycles. The average Bonchev–Trinajstić information content (AvgIpc) is 2.82. The molecule has 1 aliphatic rings. The van der Waals surface area contributed by atoms with Gasteiger partial charge < -0.3 is 16.2 Å². The molecule has 1 aliphatic carbocycles. The van der Waals surface area contributed by atoms with Gasteiger partial charge in [0.25, 0.3) is 5.91 Å². The van der Waals surface area contributed by atoms with Crippen LogP contribution >= 0.6 is 0 Å². The summed E-state index contributed by atoms with van der Waals surface area (Å²) in [5.74, 6) is -0.264. The number of para-hydroxylation sites is 1. The van der Waals surface area contributed by atoms with E-state index >= 15 is 0 Å². The standard InChI is InChI=1S/C10H12N2O2/c11-7-5-8(7)12-10(14)6-3-1-2-4-9(6)13/h1-4,7-8,13H,5,11H2,(H,12,14). The molecule has 4 heteroatoms. The van der Waals surface area contributed by atoms with Gasteiger partial charge in [-0.3, -0.25) is 4.79 Å². The monoisotopic (exact) mass is 192 g/mol. The molecule has 0 heterocycles. The fourth-order valence-corrected chi connectivity index (χ4v) is 1.29. The van der Waals surface area contributed by atoms with E-state index in [0.29, 0.717) is 5.56 Å². The minimum absolute atomic E-state index is 0.000721. The molecule has 4 nitrogen and oxygen atoms in total. The highest BCUT2D eigenvalue weighted by atomic mass is 16.3. The topological polar surface area (TPSA) is 75.3 Å². The minimum atomic E-state index is -0.263. The Morgan fingerprint density at radius 1 is 1.50 bits per heavy atom. The molecule has 74 valence electrons. The van der Waals surface area contributed by atoms with Crippen LogP contribution in [0.3, 0.4) is 0 Å². The Morgan fingerprint density at radius 3 is 2.71 bits per heavy atom. The van der Waals surface area contributed by atoms with Gasteiger partial charge in [-0.25, -0.2) is 0 Å². The quantitative estimate of drug-likeness (QED) is 0.627. The normalized spacial score (nSPS) is 24.4. The lowest BCUT2D eigenvalue weighted by atomic mass is 10.2. The van der Waals surface area contributed by atoms with Crippen molar-refractivity contribution in [2.45, 2.75) is 18.5 Å². The maximum Gasteiger partial charge on any atom is 0.255 e. The van der Waals surface area contributed by atoms with Gasteiger partial charge in [0.05, 0.1) is 5.56 Å². The van der Waals surface area contributed by atoms with E-state index in [0.717, 1.165) is 6.42 Å². The van der Waals surface area contributed by atoms with Crippen molar-refractivity contribution in [1.82, 2.24) is 5.32 Å². The first kappa shape index (κ1) is 9.02. The van der Waals surface area contributed by atoms with E-state index in [1.54, 1.807) is 18.2 Å². The van der Waals surface area contributed by atoms with Crippen LogP contribution in [0.15, 0.2) is 24.3 Å². The zero-order valence-corrected chi connectivity index (χ0v) is 7.60. The highest BCUT2D eigenvalue weighted by Gasteiger charge is 2.35. The maximum absolute atomic E-state index is 11.5. The van der Waals surface area contributed by atoms with Crippen LogP contribution in [0.25, 0.3) is 0 Å². The zero-order chi connectivity index (χ0) is 10.1. The van der Waals surface area contributed by atoms with Crippen LogP contribution in [0, 0.1) is 0 Å². The third-order valence-electron chi connectivity index (χ3n) is 2.30. The van der Waals surface area contributed by atoms with Crippen LogP contribution in [0.4, 0.5) is 0 Å². The van der Waals surface area contributed by atoms with Gasteiger partial charge in [0.15, 0.2) is 0 Å². The van der Waals surface area contributed by atoms with Crippen molar-refractivity contribution in [2.75, 3.05) is 0 Å². The second-order valence-electron chi connectivity index (χ2n) is 3.50. The molecular weight excluding hydrogens is 180 g/mol. The van der Waals surface area contributed by atoms with Crippen LogP contribution in [-0.4, -0.2) is 23.1 Å². The minimum Gasteiger partial charge on any atom is -0.507 e. The van der Waals surface area contributed by atoms with Gasteiger partial charge in [-0.15, -0.1) is 0 Å². The molecule has 1 fully saturated rings. The van der Waals surface area contributed by atoms with Gasteiger partial charge in [-0.05, 0) is 18.6 Å². The first-order valence-corrected chi connectivity index (χ1v) is 4.53. The van der Waals surface area contributed by atoms with Gasteiger partial charge >= 0.3 is 0 Å². The number of nitrogens with two attached hydrogens (primary N) is 1. The Balaban J connectivity index is 2.07. The van der Waals surface area contributed by atoms with Gasteiger partial charge in [0.1, 0.15) is 5.75 Å². The summed E-state index contributed by atoms with van der Waals surface area (Å²) in [6.45, 7) is 0. The smallest absolute Gasteiger partial charge is 0.255 e. The molecule has 1 saturated carbocycles. The molecule has 1 aromatic carbocycles. The van der Waals surface area contributed by atoms with Crippen LogP contribution in [0.2, 0.25) is 0 Å². The zero-order valence-electron chi connectivity index (χ0n) is 7.60. The van der Waals surface area contributed by atoms with E-state index in [1.165, 1.54) is 6.07 Å². The first-order chi connectivity index (χ1) is 6.68. The van der Waals surface area contributed by atoms with E-state index in [2.05, 4.69) is 5.32 Å². The molecule has 0 bridgehead atoms. The number of amides is 1. The van der Waals surface area contributed by atoms with E-state index in [4.69, 9.17) is 5.73 Å². The summed E-state index contributed by atoms with van der Waals surface area (Å²) >= 11 is 0. The summed E-state index contributed by atoms with van der Waals surface area (Å²) in [7, 11) is 0. The highest BCUT2D eigenvalue weighted by molar-refractivity contribution is 5.97. The molecule has 1 aromatic rings. The third-order valence-corrected chi connectivity index (χ3v) is 2.30. The Morgan fingerprint density at radius 2 is 2.14 bits per heavy atom. The number of carbonyl (C=O) groups is 1. The summed E-state index contributed by atoms with van der Waals surface area (Å²) in [4.78, 5) is 11.5. The fraction of sp³-hybridized carbons (Fsp3) is 0.300. The number of carbonyl (C=O) groups excluding carboxylic acids is 1. The van der Waals surface area contributed by atoms with Crippen LogP contribution in [0.5, 0.6) is 5.75 Å². The SMILES string of the molecule is NC1CC1NC(=O)c1ccccc1O. The molecule has 4 N–H and O–H groups in total. The summed E-state index contributed by atoms with van der Waals surface area (Å²) in [5, 5.41) is 12.1. The second-order valence-corrected chi connectivity index (χ2v) is 3.50. The van der Waals surface area contributed by atoms with Crippen molar-refractivity contribution in [1.29, 1.82) is 0 Å². The number of hydrogen-bond acceptors (Lipinski definition) is 3. The number of hydrogen-bond donors (Lipinski definition) is 3. The Hall–Kier alpha value is -1.55. The lowest BCUT2D eigenvalue weighted by molar-refractivity contribution is 0.0947. The van der Waals surface area contributed by atoms with E-state index in [1.807, 2.05) is 0 Å². The lowest BCUT2D eigenvalue weighted by Gasteiger charge is -2.04. The van der Waals surface area contributed by atoms with Crippen molar-refractivity contribution < 1.29 is 9.90 Å². The summed E-state index contributed by atoms with van der Waals surface area (Å²) in [6, 6.07) is 6.60. The van der Waals surface area contributed by atoms with E-state index in [-0.39, 0.29) is 23.7 Å². The van der Waals surface area contributed by atoms with E-state index < -0.39 is 0 Å². The maximum atomic E-state index is 11.5. The molecular formula is C10H12N2O2. The summed E-state index contributed by atoms with van der Waals surface area (Å²) < 4.78 is 0. The predicted molar refractivity (Wildman–Crippen MR) is 52.0 cm³/mol. The molecule has 14 heavy (non-hydrogen) atoms. The number of aromatic hydroxyl groups is 1. The Bertz CT molecular complexity index is 365. The Labute approximate surface area is 81.7 Å². The van der Waals surface area contributed by atoms with Gasteiger partial charge in [0, 0.05) is 12.1 Å². The molecule has 2 atom stereocenters. The van der Waals surface area contributed by atoms with Crippen molar-refractivity contribution in [3.8, 4) is 5.75 Å². The predicted octanol–water partition coefficient (Wildman–Crippen LogP) is 0.222. The molecule has 0 aromatic heterocycles. The van der Waals surface area contributed by atoms with Crippen LogP contribution < -0.4 is 11.1 Å².